The van der Waals surface area contributed by atoms with Crippen molar-refractivity contribution in [2.24, 2.45) is 0 Å². The summed E-state index contributed by atoms with van der Waals surface area (Å²) in [5, 5.41) is 13.9. The number of piperidine rings is 1. The highest BCUT2D eigenvalue weighted by Gasteiger charge is 2.17. The maximum absolute atomic E-state index is 12.4. The first kappa shape index (κ1) is 19.2. The van der Waals surface area contributed by atoms with Gasteiger partial charge in [-0.25, -0.2) is 0 Å². The van der Waals surface area contributed by atoms with Gasteiger partial charge in [-0.3, -0.25) is 9.48 Å². The molecular formula is C21H23ClN4O. The summed E-state index contributed by atoms with van der Waals surface area (Å²) in [5.41, 5.74) is 3.53. The third kappa shape index (κ3) is 4.99. The number of likely N-dealkylation sites (tertiary alicyclic amines) is 1. The molecule has 0 atom stereocenters. The van der Waals surface area contributed by atoms with Crippen LogP contribution >= 0.6 is 11.6 Å². The van der Waals surface area contributed by atoms with Crippen molar-refractivity contribution in [3.8, 4) is 17.2 Å². The molecule has 1 fully saturated rings. The molecule has 0 N–H and O–H groups in total. The molecule has 1 amide bonds. The molecular weight excluding hydrogens is 360 g/mol. The first-order chi connectivity index (χ1) is 13.1. The Kier molecular flexibility index (Phi) is 6.31. The lowest BCUT2D eigenvalue weighted by atomic mass is 9.97. The van der Waals surface area contributed by atoms with E-state index < -0.39 is 0 Å². The van der Waals surface area contributed by atoms with Crippen LogP contribution in [0.3, 0.4) is 0 Å². The number of halogens is 1. The second-order valence-corrected chi connectivity index (χ2v) is 7.32. The number of nitrogens with zero attached hydrogens (tertiary/aromatic N) is 4. The molecule has 6 heteroatoms. The fourth-order valence-electron chi connectivity index (χ4n) is 3.35. The van der Waals surface area contributed by atoms with Crippen LogP contribution in [0.15, 0.2) is 42.7 Å². The van der Waals surface area contributed by atoms with E-state index >= 15 is 0 Å². The second kappa shape index (κ2) is 8.88. The predicted octanol–water partition coefficient (Wildman–Crippen LogP) is 4.23. The number of rotatable bonds is 6. The summed E-state index contributed by atoms with van der Waals surface area (Å²) in [6.45, 7) is 5.68. The quantitative estimate of drug-likeness (QED) is 0.702. The number of aromatic nitrogens is 2. The first-order valence-electron chi connectivity index (χ1n) is 9.23. The van der Waals surface area contributed by atoms with Gasteiger partial charge in [0.15, 0.2) is 0 Å². The number of carbonyl (C=O) groups excluding carboxylic acids is 1. The van der Waals surface area contributed by atoms with Crippen molar-refractivity contribution < 1.29 is 4.79 Å². The maximum atomic E-state index is 12.4. The van der Waals surface area contributed by atoms with Gasteiger partial charge in [-0.05, 0) is 55.4 Å². The number of hydrogen-bond acceptors (Lipinski definition) is 3. The third-order valence-corrected chi connectivity index (χ3v) is 5.11. The number of carbonyl (C=O) groups is 1. The second-order valence-electron chi connectivity index (χ2n) is 6.88. The van der Waals surface area contributed by atoms with E-state index in [2.05, 4.69) is 17.7 Å². The van der Waals surface area contributed by atoms with E-state index in [1.54, 1.807) is 10.9 Å². The summed E-state index contributed by atoms with van der Waals surface area (Å²) < 4.78 is 1.69. The fraction of sp³-hybridized carbons (Fsp3) is 0.381. The first-order valence-corrected chi connectivity index (χ1v) is 9.61. The summed E-state index contributed by atoms with van der Waals surface area (Å²) >= 11 is 6.19. The van der Waals surface area contributed by atoms with Crippen LogP contribution in [0.4, 0.5) is 0 Å². The molecule has 0 aliphatic carbocycles. The molecule has 27 heavy (non-hydrogen) atoms. The van der Waals surface area contributed by atoms with Gasteiger partial charge in [0, 0.05) is 35.4 Å². The standard InChI is InChI=1S/C21H23ClN4O/c1-16(12-23)5-6-17-7-8-19(22)11-20(17)18-13-24-26(14-18)15-21(27)25-9-3-2-4-10-25/h7-8,11,13-14H,1-6,9-10,15H2. The zero-order valence-corrected chi connectivity index (χ0v) is 16.1. The van der Waals surface area contributed by atoms with Crippen molar-refractivity contribution in [1.29, 1.82) is 5.26 Å². The topological polar surface area (TPSA) is 61.9 Å². The molecule has 1 aromatic heterocycles. The summed E-state index contributed by atoms with van der Waals surface area (Å²) in [5.74, 6) is 0.112. The molecule has 0 bridgehead atoms. The average molecular weight is 383 g/mol. The molecule has 2 aromatic rings. The minimum atomic E-state index is 0.112. The van der Waals surface area contributed by atoms with Crippen molar-refractivity contribution in [3.05, 3.63) is 53.3 Å². The lowest BCUT2D eigenvalue weighted by molar-refractivity contribution is -0.132. The van der Waals surface area contributed by atoms with Crippen molar-refractivity contribution in [3.63, 3.8) is 0 Å². The van der Waals surface area contributed by atoms with Gasteiger partial charge in [-0.2, -0.15) is 10.4 Å². The predicted molar refractivity (Wildman–Crippen MR) is 106 cm³/mol. The molecule has 140 valence electrons. The summed E-state index contributed by atoms with van der Waals surface area (Å²) in [7, 11) is 0. The van der Waals surface area contributed by atoms with Crippen molar-refractivity contribution in [2.45, 2.75) is 38.6 Å². The van der Waals surface area contributed by atoms with Gasteiger partial charge in [0.2, 0.25) is 5.91 Å². The van der Waals surface area contributed by atoms with Crippen molar-refractivity contribution >= 4 is 17.5 Å². The Hall–Kier alpha value is -2.58. The van der Waals surface area contributed by atoms with Crippen LogP contribution in [-0.4, -0.2) is 33.7 Å². The molecule has 1 aromatic carbocycles. The minimum absolute atomic E-state index is 0.112. The van der Waals surface area contributed by atoms with E-state index in [0.717, 1.165) is 42.6 Å². The van der Waals surface area contributed by atoms with Gasteiger partial charge in [-0.15, -0.1) is 0 Å². The van der Waals surface area contributed by atoms with Crippen LogP contribution in [0.2, 0.25) is 5.02 Å². The Morgan fingerprint density at radius 1 is 1.30 bits per heavy atom. The van der Waals surface area contributed by atoms with Gasteiger partial charge < -0.3 is 4.90 Å². The van der Waals surface area contributed by atoms with Crippen LogP contribution in [0.1, 0.15) is 31.2 Å². The summed E-state index contributed by atoms with van der Waals surface area (Å²) in [6, 6.07) is 7.80. The van der Waals surface area contributed by atoms with E-state index in [1.807, 2.05) is 29.3 Å². The zero-order valence-electron chi connectivity index (χ0n) is 15.3. The van der Waals surface area contributed by atoms with Crippen LogP contribution < -0.4 is 0 Å². The summed E-state index contributed by atoms with van der Waals surface area (Å²) in [4.78, 5) is 14.4. The van der Waals surface area contributed by atoms with Gasteiger partial charge in [0.25, 0.3) is 0 Å². The average Bonchev–Trinajstić information content (AvgIpc) is 3.15. The van der Waals surface area contributed by atoms with E-state index in [1.165, 1.54) is 6.42 Å². The van der Waals surface area contributed by atoms with Gasteiger partial charge in [-0.1, -0.05) is 24.2 Å². The van der Waals surface area contributed by atoms with E-state index in [-0.39, 0.29) is 12.5 Å². The lowest BCUT2D eigenvalue weighted by Crippen LogP contribution is -2.37. The lowest BCUT2D eigenvalue weighted by Gasteiger charge is -2.26. The zero-order chi connectivity index (χ0) is 19.2. The molecule has 0 unspecified atom stereocenters. The van der Waals surface area contributed by atoms with Crippen LogP contribution in [-0.2, 0) is 17.8 Å². The third-order valence-electron chi connectivity index (χ3n) is 4.88. The van der Waals surface area contributed by atoms with Crippen LogP contribution in [0, 0.1) is 11.3 Å². The molecule has 1 aliphatic heterocycles. The number of aryl methyl sites for hydroxylation is 1. The molecule has 3 rings (SSSR count). The molecule has 1 aliphatic rings. The van der Waals surface area contributed by atoms with Crippen molar-refractivity contribution in [1.82, 2.24) is 14.7 Å². The molecule has 2 heterocycles. The smallest absolute Gasteiger partial charge is 0.244 e. The maximum Gasteiger partial charge on any atom is 0.244 e. The van der Waals surface area contributed by atoms with Crippen LogP contribution in [0.25, 0.3) is 11.1 Å². The van der Waals surface area contributed by atoms with Crippen molar-refractivity contribution in [2.75, 3.05) is 13.1 Å². The normalized spacial score (nSPS) is 14.0. The number of allylic oxidation sites excluding steroid dienone is 1. The van der Waals surface area contributed by atoms with Gasteiger partial charge in [0.1, 0.15) is 6.54 Å². The van der Waals surface area contributed by atoms with Crippen LogP contribution in [0.5, 0.6) is 0 Å². The monoisotopic (exact) mass is 382 g/mol. The minimum Gasteiger partial charge on any atom is -0.341 e. The highest BCUT2D eigenvalue weighted by Crippen LogP contribution is 2.28. The summed E-state index contributed by atoms with van der Waals surface area (Å²) in [6.07, 6.45) is 8.31. The van der Waals surface area contributed by atoms with E-state index in [4.69, 9.17) is 16.9 Å². The van der Waals surface area contributed by atoms with E-state index in [9.17, 15) is 4.79 Å². The number of nitriles is 1. The van der Waals surface area contributed by atoms with E-state index in [0.29, 0.717) is 23.4 Å². The Morgan fingerprint density at radius 3 is 2.81 bits per heavy atom. The molecule has 0 radical (unpaired) electrons. The fourth-order valence-corrected chi connectivity index (χ4v) is 3.52. The van der Waals surface area contributed by atoms with Gasteiger partial charge in [0.05, 0.1) is 12.3 Å². The SMILES string of the molecule is C=C(C#N)CCc1ccc(Cl)cc1-c1cnn(CC(=O)N2CCCCC2)c1. The molecule has 5 nitrogen and oxygen atoms in total. The highest BCUT2D eigenvalue weighted by atomic mass is 35.5. The highest BCUT2D eigenvalue weighted by molar-refractivity contribution is 6.30. The molecule has 0 saturated carbocycles. The molecule has 0 spiro atoms. The number of hydrogen-bond donors (Lipinski definition) is 0. The Morgan fingerprint density at radius 2 is 2.07 bits per heavy atom. The number of amides is 1. The Balaban J connectivity index is 1.75. The largest absolute Gasteiger partial charge is 0.341 e. The number of benzene rings is 1. The van der Waals surface area contributed by atoms with Gasteiger partial charge >= 0.3 is 0 Å². The molecule has 1 saturated heterocycles. The Labute approximate surface area is 164 Å². The Bertz CT molecular complexity index is 875.